The maximum Gasteiger partial charge on any atom is 0.260 e. The molecule has 0 spiro atoms. The number of carbonyl (C=O) groups excluding carboxylic acids is 1. The molecular weight excluding hydrogens is 398 g/mol. The second-order valence-corrected chi connectivity index (χ2v) is 7.53. The molecule has 2 aromatic carbocycles. The van der Waals surface area contributed by atoms with E-state index in [1.54, 1.807) is 44.2 Å². The molecule has 1 N–H and O–H groups in total. The third-order valence-corrected chi connectivity index (χ3v) is 5.16. The number of fused-ring (bicyclic) bond motifs is 1. The fourth-order valence-electron chi connectivity index (χ4n) is 3.49. The molecule has 3 aromatic rings. The maximum absolute atomic E-state index is 12.9. The van der Waals surface area contributed by atoms with Crippen LogP contribution in [0.5, 0.6) is 17.2 Å². The minimum absolute atomic E-state index is 0.0707. The minimum atomic E-state index is -0.702. The Balaban J connectivity index is 1.48. The lowest BCUT2D eigenvalue weighted by Crippen LogP contribution is -2.40. The molecule has 1 aromatic heterocycles. The fraction of sp³-hybridized carbons (Fsp3) is 0.333. The lowest BCUT2D eigenvalue weighted by molar-refractivity contribution is -0.127. The molecule has 4 rings (SSSR count). The number of nitrogens with one attached hydrogen (secondary N) is 1. The highest BCUT2D eigenvalue weighted by Crippen LogP contribution is 2.27. The Morgan fingerprint density at radius 2 is 2.00 bits per heavy atom. The van der Waals surface area contributed by atoms with Gasteiger partial charge in [-0.3, -0.25) is 9.59 Å². The maximum atomic E-state index is 12.9. The van der Waals surface area contributed by atoms with E-state index in [0.29, 0.717) is 34.8 Å². The molecule has 2 heterocycles. The Hall–Kier alpha value is -3.32. The Labute approximate surface area is 179 Å². The van der Waals surface area contributed by atoms with E-state index < -0.39 is 6.10 Å². The lowest BCUT2D eigenvalue weighted by atomic mass is 10.2. The number of hydrogen-bond donors (Lipinski definition) is 1. The van der Waals surface area contributed by atoms with Gasteiger partial charge in [-0.15, -0.1) is 0 Å². The molecule has 0 saturated carbocycles. The number of amides is 1. The molecule has 1 aliphatic rings. The topological polar surface area (TPSA) is 87.0 Å². The summed E-state index contributed by atoms with van der Waals surface area (Å²) in [6.45, 7) is 4.57. The van der Waals surface area contributed by atoms with E-state index in [1.807, 2.05) is 18.2 Å². The van der Waals surface area contributed by atoms with Crippen molar-refractivity contribution in [2.24, 2.45) is 0 Å². The van der Waals surface area contributed by atoms with Crippen LogP contribution in [0.2, 0.25) is 0 Å². The monoisotopic (exact) mass is 423 g/mol. The molecule has 162 valence electrons. The second-order valence-electron chi connectivity index (χ2n) is 7.53. The van der Waals surface area contributed by atoms with Crippen LogP contribution >= 0.6 is 0 Å². The van der Waals surface area contributed by atoms with Crippen molar-refractivity contribution in [1.29, 1.82) is 0 Å². The predicted octanol–water partition coefficient (Wildman–Crippen LogP) is 3.96. The molecular formula is C24H25NO6. The molecule has 2 atom stereocenters. The predicted molar refractivity (Wildman–Crippen MR) is 116 cm³/mol. The van der Waals surface area contributed by atoms with Gasteiger partial charge in [0, 0.05) is 19.2 Å². The SMILES string of the molecule is Cc1oc2cc(O[C@@H](C)C(=O)NC[C@@H]3CCCO3)ccc2c(=O)c1Oc1ccccc1. The summed E-state index contributed by atoms with van der Waals surface area (Å²) in [5.74, 6) is 1.28. The van der Waals surface area contributed by atoms with Crippen LogP contribution in [0.1, 0.15) is 25.5 Å². The zero-order valence-corrected chi connectivity index (χ0v) is 17.6. The van der Waals surface area contributed by atoms with Crippen LogP contribution in [0.15, 0.2) is 57.7 Å². The van der Waals surface area contributed by atoms with Crippen LogP contribution in [0.3, 0.4) is 0 Å². The number of benzene rings is 2. The van der Waals surface area contributed by atoms with E-state index in [4.69, 9.17) is 18.6 Å². The Morgan fingerprint density at radius 1 is 1.19 bits per heavy atom. The third-order valence-electron chi connectivity index (χ3n) is 5.16. The summed E-state index contributed by atoms with van der Waals surface area (Å²) in [6.07, 6.45) is 1.34. The van der Waals surface area contributed by atoms with E-state index in [9.17, 15) is 9.59 Å². The molecule has 1 saturated heterocycles. The molecule has 31 heavy (non-hydrogen) atoms. The molecule has 0 radical (unpaired) electrons. The van der Waals surface area contributed by atoms with Gasteiger partial charge in [0.15, 0.2) is 6.10 Å². The van der Waals surface area contributed by atoms with Crippen LogP contribution in [-0.2, 0) is 9.53 Å². The number of para-hydroxylation sites is 1. The van der Waals surface area contributed by atoms with Crippen molar-refractivity contribution in [2.45, 2.75) is 38.9 Å². The highest BCUT2D eigenvalue weighted by Gasteiger charge is 2.20. The molecule has 0 unspecified atom stereocenters. The summed E-state index contributed by atoms with van der Waals surface area (Å²) in [5, 5.41) is 3.23. The first kappa shape index (κ1) is 20.9. The molecule has 7 heteroatoms. The molecule has 1 amide bonds. The lowest BCUT2D eigenvalue weighted by Gasteiger charge is -2.17. The highest BCUT2D eigenvalue weighted by molar-refractivity contribution is 5.82. The largest absolute Gasteiger partial charge is 0.481 e. The van der Waals surface area contributed by atoms with Crippen LogP contribution in [0.25, 0.3) is 11.0 Å². The van der Waals surface area contributed by atoms with Crippen LogP contribution < -0.4 is 20.2 Å². The number of rotatable bonds is 7. The van der Waals surface area contributed by atoms with Gasteiger partial charge >= 0.3 is 0 Å². The molecule has 7 nitrogen and oxygen atoms in total. The van der Waals surface area contributed by atoms with Crippen LogP contribution in [0, 0.1) is 6.92 Å². The first-order valence-corrected chi connectivity index (χ1v) is 10.4. The smallest absolute Gasteiger partial charge is 0.260 e. The number of aryl methyl sites for hydroxylation is 1. The quantitative estimate of drug-likeness (QED) is 0.619. The van der Waals surface area contributed by atoms with E-state index in [0.717, 1.165) is 19.4 Å². The molecule has 1 fully saturated rings. The summed E-state index contributed by atoms with van der Waals surface area (Å²) < 4.78 is 22.8. The number of hydrogen-bond acceptors (Lipinski definition) is 6. The Kier molecular flexibility index (Phi) is 6.23. The number of carbonyl (C=O) groups is 1. The summed E-state index contributed by atoms with van der Waals surface area (Å²) in [7, 11) is 0. The number of ether oxygens (including phenoxy) is 3. The van der Waals surface area contributed by atoms with E-state index in [1.165, 1.54) is 0 Å². The standard InChI is InChI=1S/C24H25NO6/c1-15-23(31-17-7-4-3-5-8-17)22(26)20-11-10-18(13-21(20)30-15)29-16(2)24(27)25-14-19-9-6-12-28-19/h3-5,7-8,10-11,13,16,19H,6,9,12,14H2,1-2H3,(H,25,27)/t16-,19-/m0/s1. The van der Waals surface area contributed by atoms with Gasteiger partial charge in [-0.05, 0) is 51.0 Å². The minimum Gasteiger partial charge on any atom is -0.481 e. The normalized spacial score (nSPS) is 16.8. The second kappa shape index (κ2) is 9.22. The zero-order chi connectivity index (χ0) is 21.8. The zero-order valence-electron chi connectivity index (χ0n) is 17.6. The van der Waals surface area contributed by atoms with E-state index in [-0.39, 0.29) is 23.2 Å². The van der Waals surface area contributed by atoms with Gasteiger partial charge in [-0.25, -0.2) is 0 Å². The molecule has 0 bridgehead atoms. The van der Waals surface area contributed by atoms with Crippen molar-refractivity contribution in [1.82, 2.24) is 5.32 Å². The van der Waals surface area contributed by atoms with Gasteiger partial charge in [-0.2, -0.15) is 0 Å². The summed E-state index contributed by atoms with van der Waals surface area (Å²) >= 11 is 0. The Morgan fingerprint density at radius 3 is 2.74 bits per heavy atom. The average Bonchev–Trinajstić information content (AvgIpc) is 3.29. The summed E-state index contributed by atoms with van der Waals surface area (Å²) in [5.41, 5.74) is 0.101. The van der Waals surface area contributed by atoms with Crippen molar-refractivity contribution >= 4 is 16.9 Å². The van der Waals surface area contributed by atoms with Crippen molar-refractivity contribution < 1.29 is 23.4 Å². The highest BCUT2D eigenvalue weighted by atomic mass is 16.5. The van der Waals surface area contributed by atoms with Crippen molar-refractivity contribution in [3.8, 4) is 17.2 Å². The van der Waals surface area contributed by atoms with Gasteiger partial charge < -0.3 is 23.9 Å². The van der Waals surface area contributed by atoms with Gasteiger partial charge in [-0.1, -0.05) is 18.2 Å². The summed E-state index contributed by atoms with van der Waals surface area (Å²) in [4.78, 5) is 25.2. The molecule has 0 aliphatic carbocycles. The molecule has 1 aliphatic heterocycles. The van der Waals surface area contributed by atoms with E-state index in [2.05, 4.69) is 5.32 Å². The van der Waals surface area contributed by atoms with Crippen molar-refractivity contribution in [2.75, 3.05) is 13.2 Å². The van der Waals surface area contributed by atoms with Gasteiger partial charge in [0.25, 0.3) is 5.91 Å². The van der Waals surface area contributed by atoms with Gasteiger partial charge in [0.05, 0.1) is 11.5 Å². The van der Waals surface area contributed by atoms with E-state index >= 15 is 0 Å². The fourth-order valence-corrected chi connectivity index (χ4v) is 3.49. The third kappa shape index (κ3) is 4.88. The first-order chi connectivity index (χ1) is 15.0. The Bertz CT molecular complexity index is 1120. The van der Waals surface area contributed by atoms with Crippen LogP contribution in [0.4, 0.5) is 0 Å². The first-order valence-electron chi connectivity index (χ1n) is 10.4. The van der Waals surface area contributed by atoms with Crippen molar-refractivity contribution in [3.05, 3.63) is 64.5 Å². The average molecular weight is 423 g/mol. The van der Waals surface area contributed by atoms with Crippen LogP contribution in [-0.4, -0.2) is 31.3 Å². The summed E-state index contributed by atoms with van der Waals surface area (Å²) in [6, 6.07) is 13.9. The van der Waals surface area contributed by atoms with Gasteiger partial charge in [0.1, 0.15) is 22.8 Å². The van der Waals surface area contributed by atoms with Crippen molar-refractivity contribution in [3.63, 3.8) is 0 Å². The van der Waals surface area contributed by atoms with Gasteiger partial charge in [0.2, 0.25) is 11.2 Å².